The summed E-state index contributed by atoms with van der Waals surface area (Å²) in [5, 5.41) is 10.9. The molecule has 1 spiro atoms. The largest absolute Gasteiger partial charge is 0.478 e. The van der Waals surface area contributed by atoms with E-state index in [0.717, 1.165) is 11.5 Å². The van der Waals surface area contributed by atoms with Gasteiger partial charge in [0.2, 0.25) is 0 Å². The lowest BCUT2D eigenvalue weighted by molar-refractivity contribution is -0.134. The van der Waals surface area contributed by atoms with Crippen molar-refractivity contribution in [3.8, 4) is 0 Å². The van der Waals surface area contributed by atoms with Crippen LogP contribution in [0, 0.1) is 11.8 Å². The molecule has 2 aliphatic heterocycles. The first-order valence-electron chi connectivity index (χ1n) is 16.8. The average molecular weight is 653 g/mol. The van der Waals surface area contributed by atoms with Crippen LogP contribution in [0.4, 0.5) is 0 Å². The molecule has 0 aromatic heterocycles. The molecule has 8 heteroatoms. The zero-order valence-electron chi connectivity index (χ0n) is 29.2. The number of nitrogens with zero attached hydrogens (tertiary/aromatic N) is 1. The van der Waals surface area contributed by atoms with Gasteiger partial charge < -0.3 is 14.0 Å². The van der Waals surface area contributed by atoms with Gasteiger partial charge in [-0.25, -0.2) is 4.79 Å². The third kappa shape index (κ3) is 8.76. The molecule has 2 heterocycles. The number of aliphatic carboxylic acids is 1. The third-order valence-corrected chi connectivity index (χ3v) is 21.0. The number of hydrogen-bond donors (Lipinski definition) is 1. The number of halogens is 1. The number of rotatable bonds is 11. The normalized spacial score (nSPS) is 27.8. The van der Waals surface area contributed by atoms with Crippen LogP contribution in [-0.4, -0.2) is 63.4 Å². The molecular weight excluding hydrogens is 590 g/mol. The SMILES string of the molecule is C[C@@H](/C=C/C(/C=C(\Cl)CCO[Si](C)(C)C(C)(C)C)O[Si](C)(C)C(C)(C)C)[C@H]1CCC[C@]12CCC[C@@H]1CC=C(C(=O)O)CN12. The Morgan fingerprint density at radius 3 is 2.26 bits per heavy atom. The second-order valence-corrected chi connectivity index (χ2v) is 26.7. The van der Waals surface area contributed by atoms with Gasteiger partial charge in [-0.2, -0.15) is 0 Å². The Morgan fingerprint density at radius 2 is 1.67 bits per heavy atom. The number of fused-ring (bicyclic) bond motifs is 2. The second-order valence-electron chi connectivity index (χ2n) is 16.6. The molecule has 0 radical (unpaired) electrons. The van der Waals surface area contributed by atoms with Gasteiger partial charge in [0.05, 0.1) is 6.10 Å². The summed E-state index contributed by atoms with van der Waals surface area (Å²) in [6, 6.07) is 0.471. The zero-order valence-corrected chi connectivity index (χ0v) is 31.9. The molecule has 1 unspecified atom stereocenters. The van der Waals surface area contributed by atoms with Crippen molar-refractivity contribution < 1.29 is 18.8 Å². The highest BCUT2D eigenvalue weighted by Crippen LogP contribution is 2.52. The molecule has 3 aliphatic rings. The van der Waals surface area contributed by atoms with Gasteiger partial charge in [0, 0.05) is 41.8 Å². The van der Waals surface area contributed by atoms with Gasteiger partial charge in [-0.3, -0.25) is 4.90 Å². The Kier molecular flexibility index (Phi) is 11.9. The number of carbonyl (C=O) groups is 1. The maximum absolute atomic E-state index is 11.9. The third-order valence-electron chi connectivity index (χ3n) is 11.7. The molecular formula is C35H62ClNO4Si2. The van der Waals surface area contributed by atoms with Crippen LogP contribution in [0.2, 0.25) is 36.3 Å². The number of allylic oxidation sites excluding steroid dienone is 1. The maximum atomic E-state index is 11.9. The predicted molar refractivity (Wildman–Crippen MR) is 187 cm³/mol. The summed E-state index contributed by atoms with van der Waals surface area (Å²) in [6.07, 6.45) is 17.2. The van der Waals surface area contributed by atoms with Crippen LogP contribution >= 0.6 is 11.6 Å². The molecule has 0 bridgehead atoms. The van der Waals surface area contributed by atoms with Gasteiger partial charge in [-0.05, 0) is 86.3 Å². The molecule has 43 heavy (non-hydrogen) atoms. The van der Waals surface area contributed by atoms with Crippen molar-refractivity contribution in [3.05, 3.63) is 34.9 Å². The summed E-state index contributed by atoms with van der Waals surface area (Å²) in [4.78, 5) is 14.5. The molecule has 1 N–H and O–H groups in total. The molecule has 1 aliphatic carbocycles. The standard InChI is InChI=1S/C35H62ClNO4Si2/c1-26(31-15-13-22-35(31)21-12-14-29-18-17-27(32(38)39)25-37(29)35)16-19-30(41-43(10,11)34(5,6)7)24-28(36)20-23-40-42(8,9)33(2,3)4/h16-17,19,24,26,29-31H,12-15,18,20-23,25H2,1-11H3,(H,38,39)/b19-16+,28-24-/t26-,29+,30?,31+,35+/m0/s1. The van der Waals surface area contributed by atoms with E-state index in [9.17, 15) is 9.90 Å². The first kappa shape index (κ1) is 36.8. The predicted octanol–water partition coefficient (Wildman–Crippen LogP) is 9.91. The molecule has 0 aromatic rings. The topological polar surface area (TPSA) is 59.0 Å². The van der Waals surface area contributed by atoms with Gasteiger partial charge >= 0.3 is 5.97 Å². The zero-order chi connectivity index (χ0) is 32.4. The van der Waals surface area contributed by atoms with Crippen molar-refractivity contribution in [3.63, 3.8) is 0 Å². The van der Waals surface area contributed by atoms with Gasteiger partial charge in [0.15, 0.2) is 16.6 Å². The van der Waals surface area contributed by atoms with Crippen LogP contribution in [-0.2, 0) is 13.6 Å². The Morgan fingerprint density at radius 1 is 1.07 bits per heavy atom. The van der Waals surface area contributed by atoms with Crippen molar-refractivity contribution in [2.45, 2.75) is 154 Å². The van der Waals surface area contributed by atoms with E-state index in [2.05, 4.69) is 97.8 Å². The lowest BCUT2D eigenvalue weighted by atomic mass is 9.70. The fraction of sp³-hybridized carbons (Fsp3) is 0.800. The van der Waals surface area contributed by atoms with E-state index in [0.29, 0.717) is 43.0 Å². The van der Waals surface area contributed by atoms with Gasteiger partial charge in [0.25, 0.3) is 0 Å². The first-order valence-corrected chi connectivity index (χ1v) is 22.9. The van der Waals surface area contributed by atoms with Crippen LogP contribution < -0.4 is 0 Å². The monoisotopic (exact) mass is 651 g/mol. The molecule has 1 saturated heterocycles. The van der Waals surface area contributed by atoms with E-state index in [1.165, 1.54) is 38.5 Å². The average Bonchev–Trinajstić information content (AvgIpc) is 3.29. The summed E-state index contributed by atoms with van der Waals surface area (Å²) in [5.41, 5.74) is 0.665. The van der Waals surface area contributed by atoms with Gasteiger partial charge in [-0.15, -0.1) is 0 Å². The quantitative estimate of drug-likeness (QED) is 0.178. The molecule has 5 atom stereocenters. The highest BCUT2D eigenvalue weighted by Gasteiger charge is 2.53. The highest BCUT2D eigenvalue weighted by atomic mass is 35.5. The Bertz CT molecular complexity index is 1070. The highest BCUT2D eigenvalue weighted by molar-refractivity contribution is 6.74. The van der Waals surface area contributed by atoms with Crippen LogP contribution in [0.25, 0.3) is 0 Å². The van der Waals surface area contributed by atoms with Crippen LogP contribution in [0.3, 0.4) is 0 Å². The van der Waals surface area contributed by atoms with Crippen LogP contribution in [0.15, 0.2) is 34.9 Å². The van der Waals surface area contributed by atoms with Crippen LogP contribution in [0.5, 0.6) is 0 Å². The minimum Gasteiger partial charge on any atom is -0.478 e. The first-order chi connectivity index (χ1) is 19.7. The van der Waals surface area contributed by atoms with Crippen molar-refractivity contribution in [1.82, 2.24) is 4.90 Å². The van der Waals surface area contributed by atoms with Crippen molar-refractivity contribution in [1.29, 1.82) is 0 Å². The molecule has 0 aromatic carbocycles. The van der Waals surface area contributed by atoms with E-state index < -0.39 is 22.6 Å². The number of piperidine rings is 1. The van der Waals surface area contributed by atoms with E-state index in [-0.39, 0.29) is 21.7 Å². The summed E-state index contributed by atoms with van der Waals surface area (Å²) >= 11 is 6.87. The fourth-order valence-electron chi connectivity index (χ4n) is 6.97. The molecule has 2 fully saturated rings. The van der Waals surface area contributed by atoms with E-state index in [1.807, 2.05) is 6.08 Å². The summed E-state index contributed by atoms with van der Waals surface area (Å²) in [6.45, 7) is 26.4. The van der Waals surface area contributed by atoms with Gasteiger partial charge in [-0.1, -0.05) is 91.1 Å². The fourth-order valence-corrected chi connectivity index (χ4v) is 9.39. The Balaban J connectivity index is 1.81. The van der Waals surface area contributed by atoms with Crippen molar-refractivity contribution >= 4 is 34.2 Å². The lowest BCUT2D eigenvalue weighted by Crippen LogP contribution is -2.61. The van der Waals surface area contributed by atoms with Crippen molar-refractivity contribution in [2.24, 2.45) is 11.8 Å². The molecule has 1 saturated carbocycles. The summed E-state index contributed by atoms with van der Waals surface area (Å²) < 4.78 is 13.3. The van der Waals surface area contributed by atoms with E-state index >= 15 is 0 Å². The number of carboxylic acids is 1. The number of carboxylic acid groups (broad SMARTS) is 1. The number of hydrogen-bond acceptors (Lipinski definition) is 4. The van der Waals surface area contributed by atoms with E-state index in [1.54, 1.807) is 0 Å². The molecule has 5 nitrogen and oxygen atoms in total. The maximum Gasteiger partial charge on any atom is 0.332 e. The van der Waals surface area contributed by atoms with Crippen molar-refractivity contribution in [2.75, 3.05) is 13.2 Å². The van der Waals surface area contributed by atoms with Gasteiger partial charge in [0.1, 0.15) is 0 Å². The molecule has 3 rings (SSSR count). The Hall–Kier alpha value is -0.706. The Labute approximate surface area is 270 Å². The second kappa shape index (κ2) is 14.0. The lowest BCUT2D eigenvalue weighted by Gasteiger charge is -2.55. The minimum absolute atomic E-state index is 0.0893. The molecule has 0 amide bonds. The minimum atomic E-state index is -2.05. The summed E-state index contributed by atoms with van der Waals surface area (Å²) in [7, 11) is -3.88. The van der Waals surface area contributed by atoms with E-state index in [4.69, 9.17) is 20.5 Å². The summed E-state index contributed by atoms with van der Waals surface area (Å²) in [5.74, 6) is 0.108. The van der Waals surface area contributed by atoms with Crippen LogP contribution in [0.1, 0.15) is 99.8 Å². The molecule has 246 valence electrons. The smallest absolute Gasteiger partial charge is 0.332 e.